The van der Waals surface area contributed by atoms with Gasteiger partial charge in [-0.3, -0.25) is 10.2 Å². The molecule has 2 heterocycles. The molecule has 0 saturated carbocycles. The number of thiophene rings is 1. The summed E-state index contributed by atoms with van der Waals surface area (Å²) < 4.78 is 0. The zero-order valence-electron chi connectivity index (χ0n) is 11.7. The maximum Gasteiger partial charge on any atom is 0.240 e. The molecule has 0 spiro atoms. The largest absolute Gasteiger partial charge is 0.368 e. The molecule has 2 aromatic heterocycles. The first kappa shape index (κ1) is 14.5. The number of aromatic nitrogens is 2. The Morgan fingerprint density at radius 2 is 2.20 bits per heavy atom. The lowest BCUT2D eigenvalue weighted by Crippen LogP contribution is -2.39. The van der Waals surface area contributed by atoms with Crippen molar-refractivity contribution in [2.45, 2.75) is 13.8 Å². The summed E-state index contributed by atoms with van der Waals surface area (Å²) >= 11 is 1.51. The van der Waals surface area contributed by atoms with Gasteiger partial charge < -0.3 is 10.6 Å². The Morgan fingerprint density at radius 3 is 2.85 bits per heavy atom. The van der Waals surface area contributed by atoms with E-state index in [0.29, 0.717) is 18.3 Å². The van der Waals surface area contributed by atoms with E-state index in [0.717, 1.165) is 10.2 Å². The molecule has 0 aliphatic heterocycles. The van der Waals surface area contributed by atoms with Gasteiger partial charge in [-0.15, -0.1) is 11.3 Å². The number of nitrogen functional groups attached to an aromatic ring is 1. The van der Waals surface area contributed by atoms with Crippen molar-refractivity contribution in [3.63, 3.8) is 0 Å². The number of nitrogens with one attached hydrogen (secondary N) is 3. The Balaban J connectivity index is 2.25. The van der Waals surface area contributed by atoms with Crippen LogP contribution in [-0.2, 0) is 4.79 Å². The Hall–Kier alpha value is -1.93. The quantitative estimate of drug-likeness (QED) is 0.487. The van der Waals surface area contributed by atoms with Crippen molar-refractivity contribution in [1.82, 2.24) is 15.3 Å². The number of carbonyl (C=O) groups is 1. The summed E-state index contributed by atoms with van der Waals surface area (Å²) in [6, 6.07) is 1.94. The van der Waals surface area contributed by atoms with E-state index in [2.05, 4.69) is 26.0 Å². The minimum Gasteiger partial charge on any atom is -0.368 e. The van der Waals surface area contributed by atoms with Crippen LogP contribution in [0.2, 0.25) is 0 Å². The predicted octanol–water partition coefficient (Wildman–Crippen LogP) is 1.16. The lowest BCUT2D eigenvalue weighted by molar-refractivity contribution is -0.128. The van der Waals surface area contributed by atoms with E-state index in [9.17, 15) is 4.79 Å². The van der Waals surface area contributed by atoms with Gasteiger partial charge in [0, 0.05) is 13.6 Å². The van der Waals surface area contributed by atoms with E-state index in [4.69, 9.17) is 5.84 Å². The molecule has 2 aromatic rings. The SMILES string of the molecule is CNC(=O)C(C)(C)CNc1nc(NN)nc2sccc12. The molecule has 0 fully saturated rings. The molecule has 0 bridgehead atoms. The molecule has 0 unspecified atom stereocenters. The molecule has 0 saturated heterocycles. The molecule has 0 aliphatic rings. The second kappa shape index (κ2) is 5.59. The lowest BCUT2D eigenvalue weighted by atomic mass is 9.92. The van der Waals surface area contributed by atoms with Crippen LogP contribution in [0.3, 0.4) is 0 Å². The van der Waals surface area contributed by atoms with Crippen molar-refractivity contribution in [1.29, 1.82) is 0 Å². The predicted molar refractivity (Wildman–Crippen MR) is 81.6 cm³/mol. The molecule has 20 heavy (non-hydrogen) atoms. The number of anilines is 2. The maximum atomic E-state index is 11.8. The number of hydrazine groups is 1. The number of nitrogens with two attached hydrogens (primary N) is 1. The molecule has 8 heteroatoms. The first-order valence-corrected chi connectivity index (χ1v) is 7.04. The summed E-state index contributed by atoms with van der Waals surface area (Å²) in [5.41, 5.74) is 1.90. The third-order valence-corrected chi connectivity index (χ3v) is 3.80. The number of hydrogen-bond donors (Lipinski definition) is 4. The molecule has 0 atom stereocenters. The van der Waals surface area contributed by atoms with Crippen molar-refractivity contribution in [3.8, 4) is 0 Å². The molecule has 0 aliphatic carbocycles. The fourth-order valence-electron chi connectivity index (χ4n) is 1.78. The standard InChI is InChI=1S/C12H18N6OS/c1-12(2,10(19)14-3)6-15-8-7-4-5-20-9(7)17-11(16-8)18-13/h4-5H,6,13H2,1-3H3,(H,14,19)(H2,15,16,17,18). The molecular weight excluding hydrogens is 276 g/mol. The van der Waals surface area contributed by atoms with Crippen LogP contribution in [0.15, 0.2) is 11.4 Å². The Labute approximate surface area is 121 Å². The number of nitrogens with zero attached hydrogens (tertiary/aromatic N) is 2. The van der Waals surface area contributed by atoms with E-state index in [1.165, 1.54) is 11.3 Å². The van der Waals surface area contributed by atoms with Crippen molar-refractivity contribution < 1.29 is 4.79 Å². The summed E-state index contributed by atoms with van der Waals surface area (Å²) in [5, 5.41) is 8.71. The summed E-state index contributed by atoms with van der Waals surface area (Å²) in [5.74, 6) is 6.35. The van der Waals surface area contributed by atoms with Crippen molar-refractivity contribution >= 4 is 39.2 Å². The fourth-order valence-corrected chi connectivity index (χ4v) is 2.54. The second-order valence-corrected chi connectivity index (χ2v) is 5.89. The number of rotatable bonds is 5. The normalized spacial score (nSPS) is 11.4. The lowest BCUT2D eigenvalue weighted by Gasteiger charge is -2.23. The summed E-state index contributed by atoms with van der Waals surface area (Å²) in [6.07, 6.45) is 0. The maximum absolute atomic E-state index is 11.8. The van der Waals surface area contributed by atoms with Gasteiger partial charge in [0.2, 0.25) is 11.9 Å². The Bertz CT molecular complexity index is 623. The minimum atomic E-state index is -0.543. The van der Waals surface area contributed by atoms with Crippen LogP contribution in [0.4, 0.5) is 11.8 Å². The van der Waals surface area contributed by atoms with Crippen LogP contribution in [0, 0.1) is 5.41 Å². The van der Waals surface area contributed by atoms with Gasteiger partial charge in [0.25, 0.3) is 0 Å². The highest BCUT2D eigenvalue weighted by Crippen LogP contribution is 2.27. The average Bonchev–Trinajstić information content (AvgIpc) is 2.91. The van der Waals surface area contributed by atoms with E-state index in [-0.39, 0.29) is 5.91 Å². The topological polar surface area (TPSA) is 105 Å². The first-order valence-electron chi connectivity index (χ1n) is 6.16. The molecule has 1 amide bonds. The third kappa shape index (κ3) is 2.81. The van der Waals surface area contributed by atoms with Crippen molar-refractivity contribution in [3.05, 3.63) is 11.4 Å². The molecular formula is C12H18N6OS. The van der Waals surface area contributed by atoms with Crippen LogP contribution < -0.4 is 21.9 Å². The zero-order chi connectivity index (χ0) is 14.8. The summed E-state index contributed by atoms with van der Waals surface area (Å²) in [7, 11) is 1.63. The summed E-state index contributed by atoms with van der Waals surface area (Å²) in [4.78, 5) is 21.2. The van der Waals surface area contributed by atoms with Crippen LogP contribution >= 0.6 is 11.3 Å². The zero-order valence-corrected chi connectivity index (χ0v) is 12.5. The van der Waals surface area contributed by atoms with E-state index >= 15 is 0 Å². The molecule has 2 rings (SSSR count). The van der Waals surface area contributed by atoms with E-state index in [1.807, 2.05) is 25.3 Å². The fraction of sp³-hybridized carbons (Fsp3) is 0.417. The van der Waals surface area contributed by atoms with E-state index in [1.54, 1.807) is 7.05 Å². The summed E-state index contributed by atoms with van der Waals surface area (Å²) in [6.45, 7) is 4.19. The Morgan fingerprint density at radius 1 is 1.45 bits per heavy atom. The van der Waals surface area contributed by atoms with Crippen molar-refractivity contribution in [2.75, 3.05) is 24.3 Å². The number of fused-ring (bicyclic) bond motifs is 1. The number of carbonyl (C=O) groups excluding carboxylic acids is 1. The van der Waals surface area contributed by atoms with Gasteiger partial charge >= 0.3 is 0 Å². The molecule has 7 nitrogen and oxygen atoms in total. The van der Waals surface area contributed by atoms with Crippen LogP contribution in [0.5, 0.6) is 0 Å². The minimum absolute atomic E-state index is 0.0298. The van der Waals surface area contributed by atoms with Gasteiger partial charge in [-0.1, -0.05) is 0 Å². The molecule has 108 valence electrons. The monoisotopic (exact) mass is 294 g/mol. The first-order chi connectivity index (χ1) is 9.47. The van der Waals surface area contributed by atoms with Gasteiger partial charge in [0.15, 0.2) is 0 Å². The smallest absolute Gasteiger partial charge is 0.240 e. The van der Waals surface area contributed by atoms with Gasteiger partial charge in [-0.05, 0) is 25.3 Å². The van der Waals surface area contributed by atoms with Crippen LogP contribution in [0.25, 0.3) is 10.2 Å². The highest BCUT2D eigenvalue weighted by atomic mass is 32.1. The highest BCUT2D eigenvalue weighted by molar-refractivity contribution is 7.16. The number of hydrogen-bond acceptors (Lipinski definition) is 7. The van der Waals surface area contributed by atoms with Gasteiger partial charge in [0.05, 0.1) is 10.8 Å². The average molecular weight is 294 g/mol. The Kier molecular flexibility index (Phi) is 4.05. The second-order valence-electron chi connectivity index (χ2n) is 5.00. The molecule has 0 radical (unpaired) electrons. The van der Waals surface area contributed by atoms with Crippen molar-refractivity contribution in [2.24, 2.45) is 11.3 Å². The molecule has 0 aromatic carbocycles. The van der Waals surface area contributed by atoms with Crippen LogP contribution in [0.1, 0.15) is 13.8 Å². The molecule has 5 N–H and O–H groups in total. The van der Waals surface area contributed by atoms with E-state index < -0.39 is 5.41 Å². The highest BCUT2D eigenvalue weighted by Gasteiger charge is 2.26. The van der Waals surface area contributed by atoms with Crippen LogP contribution in [-0.4, -0.2) is 29.5 Å². The van der Waals surface area contributed by atoms with Gasteiger partial charge in [-0.25, -0.2) is 10.8 Å². The number of amides is 1. The van der Waals surface area contributed by atoms with Gasteiger partial charge in [0.1, 0.15) is 10.6 Å². The third-order valence-electron chi connectivity index (χ3n) is 2.99. The van der Waals surface area contributed by atoms with Gasteiger partial charge in [-0.2, -0.15) is 4.98 Å².